The fourth-order valence-electron chi connectivity index (χ4n) is 1.82. The van der Waals surface area contributed by atoms with Crippen LogP contribution < -0.4 is 9.84 Å². The number of ether oxygens (including phenoxy) is 1. The van der Waals surface area contributed by atoms with Crippen molar-refractivity contribution in [2.75, 3.05) is 6.61 Å². The second kappa shape index (κ2) is 4.34. The van der Waals surface area contributed by atoms with E-state index in [1.807, 2.05) is 18.2 Å². The van der Waals surface area contributed by atoms with Gasteiger partial charge in [-0.25, -0.2) is 0 Å². The molecule has 0 aliphatic carbocycles. The zero-order chi connectivity index (χ0) is 10.7. The third-order valence-corrected chi connectivity index (χ3v) is 2.59. The van der Waals surface area contributed by atoms with Gasteiger partial charge in [0.15, 0.2) is 0 Å². The van der Waals surface area contributed by atoms with Crippen molar-refractivity contribution < 1.29 is 14.6 Å². The van der Waals surface area contributed by atoms with E-state index in [-0.39, 0.29) is 6.42 Å². The van der Waals surface area contributed by atoms with Gasteiger partial charge in [-0.15, -0.1) is 0 Å². The maximum absolute atomic E-state index is 10.3. The van der Waals surface area contributed by atoms with E-state index in [2.05, 4.69) is 0 Å². The molecular weight excluding hydrogens is 192 g/mol. The number of benzene rings is 1. The number of carboxylic acid groups (broad SMARTS) is 1. The van der Waals surface area contributed by atoms with E-state index in [0.717, 1.165) is 30.8 Å². The summed E-state index contributed by atoms with van der Waals surface area (Å²) in [6.07, 6.45) is 2.68. The summed E-state index contributed by atoms with van der Waals surface area (Å²) in [6.45, 7) is 0.783. The topological polar surface area (TPSA) is 49.4 Å². The molecule has 0 radical (unpaired) electrons. The second-order valence-corrected chi connectivity index (χ2v) is 3.77. The molecule has 0 unspecified atom stereocenters. The number of hydrogen-bond donors (Lipinski definition) is 0. The molecule has 1 heterocycles. The summed E-state index contributed by atoms with van der Waals surface area (Å²) in [5.41, 5.74) is 2.24. The van der Waals surface area contributed by atoms with Crippen LogP contribution in [0.4, 0.5) is 0 Å². The Morgan fingerprint density at radius 1 is 1.47 bits per heavy atom. The molecule has 3 nitrogen and oxygen atoms in total. The highest BCUT2D eigenvalue weighted by atomic mass is 16.5. The number of fused-ring (bicyclic) bond motifs is 1. The van der Waals surface area contributed by atoms with Crippen molar-refractivity contribution in [3.8, 4) is 5.75 Å². The first-order valence-electron chi connectivity index (χ1n) is 5.20. The van der Waals surface area contributed by atoms with E-state index in [1.165, 1.54) is 5.56 Å². The zero-order valence-corrected chi connectivity index (χ0v) is 8.49. The summed E-state index contributed by atoms with van der Waals surface area (Å²) >= 11 is 0. The van der Waals surface area contributed by atoms with Crippen molar-refractivity contribution >= 4 is 5.97 Å². The smallest absolute Gasteiger partial charge is 0.122 e. The van der Waals surface area contributed by atoms with Crippen LogP contribution in [-0.4, -0.2) is 12.6 Å². The summed E-state index contributed by atoms with van der Waals surface area (Å²) in [4.78, 5) is 10.3. The van der Waals surface area contributed by atoms with Gasteiger partial charge in [-0.3, -0.25) is 0 Å². The van der Waals surface area contributed by atoms with E-state index in [0.29, 0.717) is 6.42 Å². The largest absolute Gasteiger partial charge is 0.550 e. The third kappa shape index (κ3) is 2.49. The van der Waals surface area contributed by atoms with Gasteiger partial charge < -0.3 is 14.6 Å². The quantitative estimate of drug-likeness (QED) is 0.729. The van der Waals surface area contributed by atoms with E-state index in [4.69, 9.17) is 4.74 Å². The van der Waals surface area contributed by atoms with Gasteiger partial charge in [-0.2, -0.15) is 0 Å². The molecule has 0 spiro atoms. The number of hydrogen-bond acceptors (Lipinski definition) is 3. The Labute approximate surface area is 88.7 Å². The minimum absolute atomic E-state index is 0.0830. The van der Waals surface area contributed by atoms with Crippen LogP contribution in [-0.2, 0) is 17.6 Å². The van der Waals surface area contributed by atoms with Crippen molar-refractivity contribution in [3.63, 3.8) is 0 Å². The Hall–Kier alpha value is -1.51. The Balaban J connectivity index is 2.10. The molecule has 0 amide bonds. The van der Waals surface area contributed by atoms with Gasteiger partial charge in [0.25, 0.3) is 0 Å². The fraction of sp³-hybridized carbons (Fsp3) is 0.417. The van der Waals surface area contributed by atoms with Crippen LogP contribution in [0.15, 0.2) is 18.2 Å². The number of carbonyl (C=O) groups excluding carboxylic acids is 1. The highest BCUT2D eigenvalue weighted by Crippen LogP contribution is 2.25. The highest BCUT2D eigenvalue weighted by molar-refractivity contribution is 5.64. The van der Waals surface area contributed by atoms with E-state index in [9.17, 15) is 9.90 Å². The minimum Gasteiger partial charge on any atom is -0.550 e. The van der Waals surface area contributed by atoms with Gasteiger partial charge in [0.2, 0.25) is 0 Å². The average Bonchev–Trinajstić information content (AvgIpc) is 2.26. The molecule has 0 atom stereocenters. The maximum atomic E-state index is 10.3. The number of rotatable bonds is 3. The van der Waals surface area contributed by atoms with Crippen LogP contribution in [0, 0.1) is 0 Å². The first-order chi connectivity index (χ1) is 7.25. The van der Waals surface area contributed by atoms with Crippen LogP contribution in [0.2, 0.25) is 0 Å². The summed E-state index contributed by atoms with van der Waals surface area (Å²) < 4.78 is 5.48. The number of aryl methyl sites for hydroxylation is 2. The van der Waals surface area contributed by atoms with E-state index < -0.39 is 5.97 Å². The Morgan fingerprint density at radius 2 is 2.33 bits per heavy atom. The molecule has 15 heavy (non-hydrogen) atoms. The van der Waals surface area contributed by atoms with Gasteiger partial charge >= 0.3 is 0 Å². The molecule has 0 fully saturated rings. The van der Waals surface area contributed by atoms with Crippen LogP contribution in [0.1, 0.15) is 24.0 Å². The van der Waals surface area contributed by atoms with Crippen LogP contribution in [0.3, 0.4) is 0 Å². The molecule has 3 heteroatoms. The van der Waals surface area contributed by atoms with Crippen molar-refractivity contribution in [2.24, 2.45) is 0 Å². The first kappa shape index (κ1) is 10.0. The van der Waals surface area contributed by atoms with E-state index in [1.54, 1.807) is 0 Å². The molecule has 1 aliphatic heterocycles. The molecule has 2 rings (SSSR count). The average molecular weight is 205 g/mol. The SMILES string of the molecule is O=C([O-])CCc1ccc2c(c1)CCCO2. The number of aliphatic carboxylic acids is 1. The van der Waals surface area contributed by atoms with Gasteiger partial charge in [-0.1, -0.05) is 12.1 Å². The summed E-state index contributed by atoms with van der Waals surface area (Å²) in [6, 6.07) is 5.89. The molecule has 1 aliphatic rings. The molecule has 1 aromatic carbocycles. The Kier molecular flexibility index (Phi) is 2.90. The third-order valence-electron chi connectivity index (χ3n) is 2.59. The predicted molar refractivity (Wildman–Crippen MR) is 53.6 cm³/mol. The Bertz CT molecular complexity index is 371. The molecule has 0 saturated heterocycles. The maximum Gasteiger partial charge on any atom is 0.122 e. The van der Waals surface area contributed by atoms with Crippen LogP contribution in [0.25, 0.3) is 0 Å². The Morgan fingerprint density at radius 3 is 3.13 bits per heavy atom. The molecule has 0 N–H and O–H groups in total. The lowest BCUT2D eigenvalue weighted by Gasteiger charge is -2.17. The summed E-state index contributed by atoms with van der Waals surface area (Å²) in [7, 11) is 0. The number of carbonyl (C=O) groups is 1. The summed E-state index contributed by atoms with van der Waals surface area (Å²) in [5, 5.41) is 10.3. The normalized spacial score (nSPS) is 14.1. The molecule has 80 valence electrons. The zero-order valence-electron chi connectivity index (χ0n) is 8.49. The first-order valence-corrected chi connectivity index (χ1v) is 5.20. The van der Waals surface area contributed by atoms with Gasteiger partial charge in [-0.05, 0) is 42.9 Å². The van der Waals surface area contributed by atoms with Crippen molar-refractivity contribution in [2.45, 2.75) is 25.7 Å². The predicted octanol–water partition coefficient (Wildman–Crippen LogP) is 0.694. The molecule has 0 aromatic heterocycles. The van der Waals surface area contributed by atoms with Gasteiger partial charge in [0.05, 0.1) is 6.61 Å². The van der Waals surface area contributed by atoms with Crippen LogP contribution in [0.5, 0.6) is 5.75 Å². The highest BCUT2D eigenvalue weighted by Gasteiger charge is 2.10. The molecule has 0 bridgehead atoms. The molecule has 0 saturated carbocycles. The number of carboxylic acids is 1. The molecule has 1 aromatic rings. The monoisotopic (exact) mass is 205 g/mol. The van der Waals surface area contributed by atoms with Gasteiger partial charge in [0, 0.05) is 5.97 Å². The minimum atomic E-state index is -0.996. The van der Waals surface area contributed by atoms with Crippen molar-refractivity contribution in [1.29, 1.82) is 0 Å². The van der Waals surface area contributed by atoms with E-state index >= 15 is 0 Å². The van der Waals surface area contributed by atoms with Crippen LogP contribution >= 0.6 is 0 Å². The second-order valence-electron chi connectivity index (χ2n) is 3.77. The summed E-state index contributed by atoms with van der Waals surface area (Å²) in [5.74, 6) is -0.0533. The van der Waals surface area contributed by atoms with Crippen molar-refractivity contribution in [3.05, 3.63) is 29.3 Å². The van der Waals surface area contributed by atoms with Gasteiger partial charge in [0.1, 0.15) is 5.75 Å². The lowest BCUT2D eigenvalue weighted by atomic mass is 10.0. The molecular formula is C12H13O3-. The lowest BCUT2D eigenvalue weighted by molar-refractivity contribution is -0.305. The fourth-order valence-corrected chi connectivity index (χ4v) is 1.82. The van der Waals surface area contributed by atoms with Crippen molar-refractivity contribution in [1.82, 2.24) is 0 Å². The lowest BCUT2D eigenvalue weighted by Crippen LogP contribution is -2.22. The standard InChI is InChI=1S/C12H14O3/c13-12(14)6-4-9-3-5-11-10(8-9)2-1-7-15-11/h3,5,8H,1-2,4,6-7H2,(H,13,14)/p-1.